The molecule has 0 aromatic rings. The van der Waals surface area contributed by atoms with E-state index >= 15 is 0 Å². The molecule has 0 aromatic carbocycles. The largest absolute Gasteiger partial charge is 0.103 e. The van der Waals surface area contributed by atoms with Gasteiger partial charge in [0.15, 0.2) is 0 Å². The van der Waals surface area contributed by atoms with Crippen LogP contribution in [0.15, 0.2) is 0 Å². The van der Waals surface area contributed by atoms with Crippen molar-refractivity contribution < 1.29 is 0 Å². The lowest BCUT2D eigenvalue weighted by Crippen LogP contribution is -1.81. The monoisotopic (exact) mass is 124 g/mol. The lowest BCUT2D eigenvalue weighted by Gasteiger charge is -1.77. The van der Waals surface area contributed by atoms with Crippen LogP contribution in [0.4, 0.5) is 0 Å². The average molecular weight is 124 g/mol. The number of unbranched alkanes of at least 4 members (excludes halogenated alkanes) is 1. The third-order valence-corrected chi connectivity index (χ3v) is 1.31. The fourth-order valence-corrected chi connectivity index (χ4v) is 0.750. The molecule has 2 heteroatoms. The van der Waals surface area contributed by atoms with Crippen LogP contribution < -0.4 is 0 Å². The summed E-state index contributed by atoms with van der Waals surface area (Å²) in [5.74, 6) is 2.26. The van der Waals surface area contributed by atoms with Crippen LogP contribution in [0.3, 0.4) is 0 Å². The van der Waals surface area contributed by atoms with E-state index in [0.29, 0.717) is 0 Å². The zero-order valence-corrected chi connectivity index (χ0v) is 5.83. The zero-order chi connectivity index (χ0) is 4.83. The van der Waals surface area contributed by atoms with Gasteiger partial charge in [-0.1, -0.05) is 0 Å². The Labute approximate surface area is 50.1 Å². The Kier molecular flexibility index (Phi) is 6.36. The van der Waals surface area contributed by atoms with Gasteiger partial charge in [0.1, 0.15) is 11.5 Å². The molecule has 0 amide bonds. The number of hydrogen-bond donors (Lipinski definition) is 0. The van der Waals surface area contributed by atoms with Gasteiger partial charge in [-0.2, -0.15) is 0 Å². The highest BCUT2D eigenvalue weighted by Crippen LogP contribution is 1.82. The standard InChI is InChI=1S/C4H10S2/c5-3-1-2-4-6/h5-6H,1-4H2/p+2. The second-order valence-corrected chi connectivity index (χ2v) is 2.21. The normalized spacial score (nSPS) is 9.00. The Balaban J connectivity index is 2.34. The molecule has 0 saturated heterocycles. The van der Waals surface area contributed by atoms with Gasteiger partial charge in [-0.15, -0.1) is 0 Å². The molecule has 0 fully saturated rings. The number of rotatable bonds is 3. The Morgan fingerprint density at radius 2 is 1.17 bits per heavy atom. The van der Waals surface area contributed by atoms with Crippen LogP contribution in [-0.4, -0.2) is 11.5 Å². The second-order valence-electron chi connectivity index (χ2n) is 1.21. The second kappa shape index (κ2) is 5.70. The Bertz CT molecular complexity index is 17.5. The molecule has 0 unspecified atom stereocenters. The third kappa shape index (κ3) is 4.70. The van der Waals surface area contributed by atoms with E-state index in [-0.39, 0.29) is 0 Å². The average Bonchev–Trinajstić information content (AvgIpc) is 1.61. The van der Waals surface area contributed by atoms with Crippen molar-refractivity contribution in [2.45, 2.75) is 12.8 Å². The fraction of sp³-hybridized carbons (Fsp3) is 1.00. The van der Waals surface area contributed by atoms with Crippen molar-refractivity contribution >= 4 is 25.3 Å². The molecular weight excluding hydrogens is 112 g/mol. The van der Waals surface area contributed by atoms with Gasteiger partial charge in [-0.05, 0) is 38.1 Å². The van der Waals surface area contributed by atoms with Crippen molar-refractivity contribution in [3.05, 3.63) is 0 Å². The molecule has 0 heterocycles. The van der Waals surface area contributed by atoms with E-state index in [2.05, 4.69) is 25.3 Å². The van der Waals surface area contributed by atoms with E-state index in [1.54, 1.807) is 0 Å². The predicted molar refractivity (Wildman–Crippen MR) is 39.3 cm³/mol. The summed E-state index contributed by atoms with van der Waals surface area (Å²) in [5, 5.41) is 0. The summed E-state index contributed by atoms with van der Waals surface area (Å²) < 4.78 is 0. The molecule has 0 saturated carbocycles. The maximum Gasteiger partial charge on any atom is 0.103 e. The summed E-state index contributed by atoms with van der Waals surface area (Å²) in [6.45, 7) is 0. The van der Waals surface area contributed by atoms with Gasteiger partial charge >= 0.3 is 0 Å². The van der Waals surface area contributed by atoms with Gasteiger partial charge < -0.3 is 0 Å². The molecule has 0 aliphatic heterocycles. The molecule has 0 bridgehead atoms. The van der Waals surface area contributed by atoms with Crippen molar-refractivity contribution in [1.82, 2.24) is 0 Å². The summed E-state index contributed by atoms with van der Waals surface area (Å²) in [4.78, 5) is 0. The summed E-state index contributed by atoms with van der Waals surface area (Å²) >= 11 is 6.74. The van der Waals surface area contributed by atoms with Gasteiger partial charge in [0.05, 0.1) is 0 Å². The van der Waals surface area contributed by atoms with E-state index in [1.807, 2.05) is 0 Å². The molecule has 0 aliphatic carbocycles. The quantitative estimate of drug-likeness (QED) is 0.361. The molecular formula is C4H12S2+2. The van der Waals surface area contributed by atoms with Crippen molar-refractivity contribution in [3.63, 3.8) is 0 Å². The fourth-order valence-electron chi connectivity index (χ4n) is 0.250. The highest BCUT2D eigenvalue weighted by molar-refractivity contribution is 7.58. The third-order valence-electron chi connectivity index (χ3n) is 0.604. The molecule has 0 aromatic heterocycles. The van der Waals surface area contributed by atoms with E-state index < -0.39 is 0 Å². The first-order chi connectivity index (χ1) is 2.91. The Morgan fingerprint density at radius 1 is 0.833 bits per heavy atom. The Hall–Kier alpha value is 0.700. The lowest BCUT2D eigenvalue weighted by atomic mass is 10.4. The zero-order valence-electron chi connectivity index (χ0n) is 3.83. The highest BCUT2D eigenvalue weighted by Gasteiger charge is 1.84. The van der Waals surface area contributed by atoms with Crippen molar-refractivity contribution in [2.75, 3.05) is 11.5 Å². The molecule has 38 valence electrons. The lowest BCUT2D eigenvalue weighted by molar-refractivity contribution is 0.911. The van der Waals surface area contributed by atoms with Crippen LogP contribution in [0.1, 0.15) is 12.8 Å². The van der Waals surface area contributed by atoms with Gasteiger partial charge in [0.25, 0.3) is 0 Å². The van der Waals surface area contributed by atoms with Gasteiger partial charge in [0, 0.05) is 0 Å². The first-order valence-electron chi connectivity index (χ1n) is 2.21. The van der Waals surface area contributed by atoms with Crippen LogP contribution in [0.25, 0.3) is 0 Å². The van der Waals surface area contributed by atoms with Crippen molar-refractivity contribution in [3.8, 4) is 0 Å². The maximum atomic E-state index is 3.37. The highest BCUT2D eigenvalue weighted by atomic mass is 32.1. The minimum Gasteiger partial charge on any atom is -0.0426 e. The first kappa shape index (κ1) is 6.70. The van der Waals surface area contributed by atoms with E-state index in [4.69, 9.17) is 0 Å². The molecule has 0 aliphatic rings. The minimum atomic E-state index is 1.13. The van der Waals surface area contributed by atoms with Crippen molar-refractivity contribution in [1.29, 1.82) is 0 Å². The molecule has 0 atom stereocenters. The van der Waals surface area contributed by atoms with Crippen LogP contribution in [0.2, 0.25) is 0 Å². The topological polar surface area (TPSA) is 0 Å². The Morgan fingerprint density at radius 3 is 1.33 bits per heavy atom. The smallest absolute Gasteiger partial charge is 0.0426 e. The van der Waals surface area contributed by atoms with E-state index in [0.717, 1.165) is 11.5 Å². The SMILES string of the molecule is [SH2+]CCCC[SH2+]. The molecule has 0 radical (unpaired) electrons. The maximum absolute atomic E-state index is 3.37. The summed E-state index contributed by atoms with van der Waals surface area (Å²) in [6.07, 6.45) is 2.56. The van der Waals surface area contributed by atoms with E-state index in [1.165, 1.54) is 12.8 Å². The molecule has 0 N–H and O–H groups in total. The van der Waals surface area contributed by atoms with Crippen molar-refractivity contribution in [2.24, 2.45) is 0 Å². The molecule has 0 rings (SSSR count). The van der Waals surface area contributed by atoms with Crippen LogP contribution in [0.5, 0.6) is 0 Å². The van der Waals surface area contributed by atoms with Crippen LogP contribution in [0, 0.1) is 0 Å². The molecule has 0 nitrogen and oxygen atoms in total. The van der Waals surface area contributed by atoms with Gasteiger partial charge in [0.2, 0.25) is 0 Å². The van der Waals surface area contributed by atoms with Gasteiger partial charge in [-0.3, -0.25) is 0 Å². The summed E-state index contributed by atoms with van der Waals surface area (Å²) in [7, 11) is 0. The number of hydrogen-bond acceptors (Lipinski definition) is 0. The first-order valence-corrected chi connectivity index (χ1v) is 3.62. The molecule has 0 spiro atoms. The van der Waals surface area contributed by atoms with Gasteiger partial charge in [-0.25, -0.2) is 0 Å². The van der Waals surface area contributed by atoms with Crippen LogP contribution in [-0.2, 0) is 25.3 Å². The summed E-state index contributed by atoms with van der Waals surface area (Å²) in [5.41, 5.74) is 0. The summed E-state index contributed by atoms with van der Waals surface area (Å²) in [6, 6.07) is 0. The van der Waals surface area contributed by atoms with Crippen LogP contribution >= 0.6 is 0 Å². The van der Waals surface area contributed by atoms with E-state index in [9.17, 15) is 0 Å². The minimum absolute atomic E-state index is 1.13. The molecule has 6 heavy (non-hydrogen) atoms. The predicted octanol–water partition coefficient (Wildman–Crippen LogP) is -0.210.